The third-order valence-electron chi connectivity index (χ3n) is 2.26. The standard InChI is InChI=1S/C12H15F2IO8/c1-6(17)20-4-9(21-5-16)10(22-7(2)18)11(12(13,14)15)23-8(3)19/h5,9-11H,4H2,1-3H3/t9-,10-,11+/m1/s1. The largest absolute Gasteiger partial charge is 0.462 e. The summed E-state index contributed by atoms with van der Waals surface area (Å²) in [5.74, 6) is -2.84. The van der Waals surface area contributed by atoms with Gasteiger partial charge in [0.25, 0.3) is 6.47 Å². The zero-order valence-corrected chi connectivity index (χ0v) is 14.6. The van der Waals surface area contributed by atoms with Gasteiger partial charge in [-0.25, -0.2) is 0 Å². The van der Waals surface area contributed by atoms with Crippen molar-refractivity contribution < 1.29 is 46.9 Å². The van der Waals surface area contributed by atoms with Gasteiger partial charge in [-0.3, -0.25) is 19.2 Å². The van der Waals surface area contributed by atoms with Gasteiger partial charge in [-0.05, 0) is 0 Å². The van der Waals surface area contributed by atoms with Crippen molar-refractivity contribution in [1.82, 2.24) is 0 Å². The van der Waals surface area contributed by atoms with Crippen LogP contribution in [0.4, 0.5) is 8.78 Å². The molecule has 8 nitrogen and oxygen atoms in total. The van der Waals surface area contributed by atoms with E-state index >= 15 is 0 Å². The van der Waals surface area contributed by atoms with E-state index in [4.69, 9.17) is 4.74 Å². The SMILES string of the molecule is CC(=O)OC[C@@H](OC=O)[C@@H](OC(C)=O)[C@H](OC(C)=O)C(F)(F)I. The smallest absolute Gasteiger partial charge is 0.336 e. The summed E-state index contributed by atoms with van der Waals surface area (Å²) in [5, 5.41) is 0. The first-order chi connectivity index (χ1) is 10.5. The lowest BCUT2D eigenvalue weighted by Crippen LogP contribution is -2.52. The van der Waals surface area contributed by atoms with Crippen molar-refractivity contribution in [2.24, 2.45) is 0 Å². The van der Waals surface area contributed by atoms with E-state index < -0.39 is 46.8 Å². The zero-order valence-electron chi connectivity index (χ0n) is 12.4. The van der Waals surface area contributed by atoms with Crippen LogP contribution in [0.1, 0.15) is 20.8 Å². The van der Waals surface area contributed by atoms with Gasteiger partial charge < -0.3 is 18.9 Å². The molecule has 0 fully saturated rings. The van der Waals surface area contributed by atoms with Gasteiger partial charge >= 0.3 is 21.8 Å². The van der Waals surface area contributed by atoms with Crippen LogP contribution in [0.2, 0.25) is 0 Å². The molecule has 0 aromatic carbocycles. The fourth-order valence-electron chi connectivity index (χ4n) is 1.51. The number of esters is 3. The summed E-state index contributed by atoms with van der Waals surface area (Å²) in [4.78, 5) is 43.6. The molecule has 132 valence electrons. The van der Waals surface area contributed by atoms with Crippen LogP contribution in [0.25, 0.3) is 0 Å². The zero-order chi connectivity index (χ0) is 18.2. The maximum Gasteiger partial charge on any atom is 0.336 e. The van der Waals surface area contributed by atoms with Crippen LogP contribution in [0.3, 0.4) is 0 Å². The molecular weight excluding hydrogens is 437 g/mol. The minimum atomic E-state index is -3.66. The van der Waals surface area contributed by atoms with Crippen molar-refractivity contribution in [2.75, 3.05) is 6.61 Å². The summed E-state index contributed by atoms with van der Waals surface area (Å²) in [6.07, 6.45) is -5.73. The van der Waals surface area contributed by atoms with E-state index in [1.54, 1.807) is 0 Å². The number of halogens is 3. The minimum absolute atomic E-state index is 0.0964. The van der Waals surface area contributed by atoms with Crippen LogP contribution < -0.4 is 0 Å². The molecule has 0 aliphatic carbocycles. The highest BCUT2D eigenvalue weighted by molar-refractivity contribution is 14.1. The molecule has 0 aliphatic heterocycles. The molecule has 0 saturated heterocycles. The van der Waals surface area contributed by atoms with E-state index in [2.05, 4.69) is 14.2 Å². The fourth-order valence-corrected chi connectivity index (χ4v) is 1.99. The first-order valence-corrected chi connectivity index (χ1v) is 7.20. The van der Waals surface area contributed by atoms with E-state index in [9.17, 15) is 28.0 Å². The molecule has 0 heterocycles. The normalized spacial score (nSPS) is 14.9. The lowest BCUT2D eigenvalue weighted by atomic mass is 10.1. The third-order valence-corrected chi connectivity index (χ3v) is 2.88. The number of rotatable bonds is 9. The quantitative estimate of drug-likeness (QED) is 0.168. The van der Waals surface area contributed by atoms with E-state index in [-0.39, 0.29) is 6.47 Å². The second kappa shape index (κ2) is 9.57. The van der Waals surface area contributed by atoms with Crippen LogP contribution >= 0.6 is 22.6 Å². The predicted molar refractivity (Wildman–Crippen MR) is 77.6 cm³/mol. The molecule has 0 N–H and O–H groups in total. The van der Waals surface area contributed by atoms with Crippen LogP contribution in [0, 0.1) is 0 Å². The molecule has 0 spiro atoms. The maximum absolute atomic E-state index is 13.7. The number of hydrogen-bond acceptors (Lipinski definition) is 8. The average molecular weight is 452 g/mol. The van der Waals surface area contributed by atoms with Crippen LogP contribution in [0.5, 0.6) is 0 Å². The molecule has 0 rings (SSSR count). The molecule has 23 heavy (non-hydrogen) atoms. The summed E-state index contributed by atoms with van der Waals surface area (Å²) in [7, 11) is 0. The summed E-state index contributed by atoms with van der Waals surface area (Å²) < 4.78 is 42.1. The molecule has 0 amide bonds. The molecule has 3 atom stereocenters. The van der Waals surface area contributed by atoms with E-state index in [0.29, 0.717) is 22.6 Å². The van der Waals surface area contributed by atoms with E-state index in [0.717, 1.165) is 20.8 Å². The second-order valence-corrected chi connectivity index (χ2v) is 5.66. The van der Waals surface area contributed by atoms with Crippen LogP contribution in [0.15, 0.2) is 0 Å². The van der Waals surface area contributed by atoms with Crippen molar-refractivity contribution in [1.29, 1.82) is 0 Å². The Morgan fingerprint density at radius 1 is 1.09 bits per heavy atom. The lowest BCUT2D eigenvalue weighted by molar-refractivity contribution is -0.200. The number of hydrogen-bond donors (Lipinski definition) is 0. The molecule has 0 unspecified atom stereocenters. The molecule has 11 heteroatoms. The summed E-state index contributed by atoms with van der Waals surface area (Å²) >= 11 is 0.684. The highest BCUT2D eigenvalue weighted by Crippen LogP contribution is 2.34. The Bertz CT molecular complexity index is 451. The Hall–Kier alpha value is -1.53. The Balaban J connectivity index is 5.60. The number of ether oxygens (including phenoxy) is 4. The van der Waals surface area contributed by atoms with Crippen molar-refractivity contribution in [3.8, 4) is 0 Å². The molecule has 0 bridgehead atoms. The molecular formula is C12H15F2IO8. The third kappa shape index (κ3) is 8.62. The summed E-state index contributed by atoms with van der Waals surface area (Å²) in [6, 6.07) is 0. The lowest BCUT2D eigenvalue weighted by Gasteiger charge is -2.32. The summed E-state index contributed by atoms with van der Waals surface area (Å²) in [5.41, 5.74) is 0. The van der Waals surface area contributed by atoms with Gasteiger partial charge in [-0.2, -0.15) is 8.78 Å². The van der Waals surface area contributed by atoms with Crippen LogP contribution in [-0.4, -0.2) is 53.2 Å². The molecule has 0 aliphatic rings. The van der Waals surface area contributed by atoms with Crippen molar-refractivity contribution in [2.45, 2.75) is 43.0 Å². The summed E-state index contributed by atoms with van der Waals surface area (Å²) in [6.45, 7) is 2.07. The van der Waals surface area contributed by atoms with Gasteiger partial charge in [-0.15, -0.1) is 0 Å². The highest BCUT2D eigenvalue weighted by Gasteiger charge is 2.50. The van der Waals surface area contributed by atoms with E-state index in [1.807, 2.05) is 0 Å². The van der Waals surface area contributed by atoms with Crippen LogP contribution in [-0.2, 0) is 38.1 Å². The topological polar surface area (TPSA) is 105 Å². The minimum Gasteiger partial charge on any atom is -0.462 e. The first-order valence-electron chi connectivity index (χ1n) is 6.12. The van der Waals surface area contributed by atoms with Crippen molar-refractivity contribution >= 4 is 47.0 Å². The maximum atomic E-state index is 13.7. The Morgan fingerprint density at radius 2 is 1.61 bits per heavy atom. The average Bonchev–Trinajstić information content (AvgIpc) is 2.36. The predicted octanol–water partition coefficient (Wildman–Crippen LogP) is 0.982. The number of alkyl halides is 3. The van der Waals surface area contributed by atoms with Gasteiger partial charge in [-0.1, -0.05) is 0 Å². The molecule has 0 aromatic heterocycles. The monoisotopic (exact) mass is 452 g/mol. The Morgan fingerprint density at radius 3 is 1.96 bits per heavy atom. The van der Waals surface area contributed by atoms with Gasteiger partial charge in [0.15, 0.2) is 12.2 Å². The van der Waals surface area contributed by atoms with Crippen molar-refractivity contribution in [3.05, 3.63) is 0 Å². The Labute approximate surface area is 143 Å². The molecule has 0 radical (unpaired) electrons. The van der Waals surface area contributed by atoms with Gasteiger partial charge in [0.1, 0.15) is 6.61 Å². The van der Waals surface area contributed by atoms with E-state index in [1.165, 1.54) is 0 Å². The fraction of sp³-hybridized carbons (Fsp3) is 0.667. The number of carbonyl (C=O) groups is 4. The molecule has 0 saturated carbocycles. The van der Waals surface area contributed by atoms with Gasteiger partial charge in [0.05, 0.1) is 0 Å². The first kappa shape index (κ1) is 21.5. The Kier molecular flexibility index (Phi) is 8.94. The van der Waals surface area contributed by atoms with Gasteiger partial charge in [0.2, 0.25) is 6.10 Å². The highest BCUT2D eigenvalue weighted by atomic mass is 127. The van der Waals surface area contributed by atoms with Crippen molar-refractivity contribution in [3.63, 3.8) is 0 Å². The van der Waals surface area contributed by atoms with Gasteiger partial charge in [0, 0.05) is 43.4 Å². The second-order valence-electron chi connectivity index (χ2n) is 4.22. The number of carbonyl (C=O) groups excluding carboxylic acids is 4. The molecule has 0 aromatic rings.